The maximum atomic E-state index is 4.42. The molecule has 2 aliphatic rings. The number of hydrogen-bond acceptors (Lipinski definition) is 2. The highest BCUT2D eigenvalue weighted by Gasteiger charge is 2.30. The van der Waals surface area contributed by atoms with Crippen LogP contribution >= 0.6 is 11.8 Å². The van der Waals surface area contributed by atoms with Crippen molar-refractivity contribution in [2.45, 2.75) is 43.9 Å². The van der Waals surface area contributed by atoms with Crippen molar-refractivity contribution >= 4 is 17.7 Å². The molecule has 0 aromatic heterocycles. The minimum Gasteiger partial charge on any atom is -0.354 e. The Bertz CT molecular complexity index is 271. The molecule has 4 heteroatoms. The first-order valence-electron chi connectivity index (χ1n) is 6.23. The van der Waals surface area contributed by atoms with E-state index in [1.165, 1.54) is 25.0 Å². The van der Waals surface area contributed by atoms with Crippen molar-refractivity contribution in [1.29, 1.82) is 0 Å². The molecule has 16 heavy (non-hydrogen) atoms. The molecule has 0 radical (unpaired) electrons. The Morgan fingerprint density at radius 1 is 1.44 bits per heavy atom. The molecule has 1 aliphatic heterocycles. The molecule has 0 atom stereocenters. The molecule has 1 N–H and O–H groups in total. The Morgan fingerprint density at radius 3 is 2.69 bits per heavy atom. The zero-order valence-electron chi connectivity index (χ0n) is 10.6. The smallest absolute Gasteiger partial charge is 0.193 e. The third kappa shape index (κ3) is 2.84. The van der Waals surface area contributed by atoms with Gasteiger partial charge in [0, 0.05) is 36.7 Å². The fourth-order valence-corrected chi connectivity index (χ4v) is 3.34. The molecule has 0 bridgehead atoms. The van der Waals surface area contributed by atoms with Crippen molar-refractivity contribution in [3.63, 3.8) is 0 Å². The van der Waals surface area contributed by atoms with Gasteiger partial charge in [-0.3, -0.25) is 4.99 Å². The second-order valence-corrected chi connectivity index (χ2v) is 7.15. The van der Waals surface area contributed by atoms with Crippen LogP contribution in [0.15, 0.2) is 4.99 Å². The predicted octanol–water partition coefficient (Wildman–Crippen LogP) is 1.94. The van der Waals surface area contributed by atoms with Crippen LogP contribution in [-0.4, -0.2) is 47.5 Å². The van der Waals surface area contributed by atoms with E-state index in [1.807, 2.05) is 7.05 Å². The second kappa shape index (κ2) is 4.86. The van der Waals surface area contributed by atoms with Crippen LogP contribution in [0.5, 0.6) is 0 Å². The van der Waals surface area contributed by atoms with Gasteiger partial charge in [-0.15, -0.1) is 0 Å². The molecular weight excluding hydrogens is 218 g/mol. The van der Waals surface area contributed by atoms with Crippen LogP contribution in [0.3, 0.4) is 0 Å². The highest BCUT2D eigenvalue weighted by Crippen LogP contribution is 2.29. The van der Waals surface area contributed by atoms with E-state index in [9.17, 15) is 0 Å². The van der Waals surface area contributed by atoms with Gasteiger partial charge in [-0.05, 0) is 33.1 Å². The minimum absolute atomic E-state index is 0.357. The van der Waals surface area contributed by atoms with Gasteiger partial charge in [-0.1, -0.05) is 0 Å². The third-order valence-electron chi connectivity index (χ3n) is 3.38. The largest absolute Gasteiger partial charge is 0.354 e. The highest BCUT2D eigenvalue weighted by molar-refractivity contribution is 8.00. The van der Waals surface area contributed by atoms with Gasteiger partial charge in [0.2, 0.25) is 0 Å². The molecular formula is C12H23N3S. The monoisotopic (exact) mass is 241 g/mol. The highest BCUT2D eigenvalue weighted by atomic mass is 32.2. The summed E-state index contributed by atoms with van der Waals surface area (Å²) in [4.78, 5) is 6.83. The van der Waals surface area contributed by atoms with E-state index in [-0.39, 0.29) is 0 Å². The van der Waals surface area contributed by atoms with Crippen molar-refractivity contribution in [1.82, 2.24) is 10.2 Å². The average molecular weight is 241 g/mol. The van der Waals surface area contributed by atoms with Crippen molar-refractivity contribution in [2.24, 2.45) is 4.99 Å². The number of hydrogen-bond donors (Lipinski definition) is 1. The zero-order valence-corrected chi connectivity index (χ0v) is 11.4. The van der Waals surface area contributed by atoms with Crippen molar-refractivity contribution in [2.75, 3.05) is 25.9 Å². The Kier molecular flexibility index (Phi) is 3.67. The predicted molar refractivity (Wildman–Crippen MR) is 72.2 cm³/mol. The molecule has 3 nitrogen and oxygen atoms in total. The maximum absolute atomic E-state index is 4.42. The molecule has 2 rings (SSSR count). The van der Waals surface area contributed by atoms with Gasteiger partial charge in [0.1, 0.15) is 0 Å². The number of nitrogens with zero attached hydrogens (tertiary/aromatic N) is 2. The first-order valence-corrected chi connectivity index (χ1v) is 7.21. The SMILES string of the molecule is CN=C(NC1CCC1)N1CCSC(C)(C)C1. The standard InChI is InChI=1S/C12H23N3S/c1-12(2)9-15(7-8-16-12)11(13-3)14-10-5-4-6-10/h10H,4-9H2,1-3H3,(H,13,14). The van der Waals surface area contributed by atoms with E-state index in [1.54, 1.807) is 0 Å². The summed E-state index contributed by atoms with van der Waals surface area (Å²) in [7, 11) is 1.90. The lowest BCUT2D eigenvalue weighted by molar-refractivity contribution is 0.334. The van der Waals surface area contributed by atoms with E-state index < -0.39 is 0 Å². The van der Waals surface area contributed by atoms with E-state index in [0.29, 0.717) is 10.8 Å². The van der Waals surface area contributed by atoms with E-state index >= 15 is 0 Å². The first-order chi connectivity index (χ1) is 7.61. The lowest BCUT2D eigenvalue weighted by atomic mass is 9.93. The van der Waals surface area contributed by atoms with Gasteiger partial charge < -0.3 is 10.2 Å². The van der Waals surface area contributed by atoms with Gasteiger partial charge >= 0.3 is 0 Å². The number of aliphatic imine (C=N–C) groups is 1. The van der Waals surface area contributed by atoms with Gasteiger partial charge in [0.15, 0.2) is 5.96 Å². The molecule has 0 aromatic rings. The number of guanidine groups is 1. The Balaban J connectivity index is 1.92. The molecule has 92 valence electrons. The van der Waals surface area contributed by atoms with Crippen LogP contribution < -0.4 is 5.32 Å². The summed E-state index contributed by atoms with van der Waals surface area (Å²) >= 11 is 2.07. The summed E-state index contributed by atoms with van der Waals surface area (Å²) in [5.41, 5.74) is 0. The normalized spacial score (nSPS) is 26.4. The first kappa shape index (κ1) is 12.1. The zero-order chi connectivity index (χ0) is 11.6. The summed E-state index contributed by atoms with van der Waals surface area (Å²) in [6, 6.07) is 0.677. The Morgan fingerprint density at radius 2 is 2.19 bits per heavy atom. The van der Waals surface area contributed by atoms with Gasteiger partial charge in [-0.25, -0.2) is 0 Å². The number of nitrogens with one attached hydrogen (secondary N) is 1. The molecule has 0 unspecified atom stereocenters. The van der Waals surface area contributed by atoms with Crippen LogP contribution in [0.25, 0.3) is 0 Å². The van der Waals surface area contributed by atoms with Crippen molar-refractivity contribution in [3.8, 4) is 0 Å². The summed E-state index contributed by atoms with van der Waals surface area (Å²) in [6.07, 6.45) is 3.99. The summed E-state index contributed by atoms with van der Waals surface area (Å²) in [6.45, 7) is 6.87. The Labute approximate surface area is 103 Å². The Hall–Kier alpha value is -0.380. The van der Waals surface area contributed by atoms with Crippen LogP contribution in [0.1, 0.15) is 33.1 Å². The van der Waals surface area contributed by atoms with Gasteiger partial charge in [-0.2, -0.15) is 11.8 Å². The van der Waals surface area contributed by atoms with E-state index in [2.05, 4.69) is 40.8 Å². The third-order valence-corrected chi connectivity index (χ3v) is 4.67. The summed E-state index contributed by atoms with van der Waals surface area (Å²) in [5, 5.41) is 3.58. The van der Waals surface area contributed by atoms with E-state index in [4.69, 9.17) is 0 Å². The lowest BCUT2D eigenvalue weighted by Gasteiger charge is -2.41. The van der Waals surface area contributed by atoms with Crippen LogP contribution in [0, 0.1) is 0 Å². The average Bonchev–Trinajstić information content (AvgIpc) is 2.14. The fourth-order valence-electron chi connectivity index (χ4n) is 2.23. The fraction of sp³-hybridized carbons (Fsp3) is 0.917. The maximum Gasteiger partial charge on any atom is 0.193 e. The summed E-state index contributed by atoms with van der Waals surface area (Å²) < 4.78 is 0.357. The molecule has 1 aliphatic carbocycles. The topological polar surface area (TPSA) is 27.6 Å². The minimum atomic E-state index is 0.357. The van der Waals surface area contributed by atoms with Crippen LogP contribution in [-0.2, 0) is 0 Å². The quantitative estimate of drug-likeness (QED) is 0.561. The number of thioether (sulfide) groups is 1. The number of rotatable bonds is 1. The van der Waals surface area contributed by atoms with E-state index in [0.717, 1.165) is 19.0 Å². The molecule has 0 aromatic carbocycles. The molecule has 0 spiro atoms. The molecule has 1 saturated carbocycles. The molecule has 2 fully saturated rings. The molecule has 1 heterocycles. The van der Waals surface area contributed by atoms with Gasteiger partial charge in [0.25, 0.3) is 0 Å². The van der Waals surface area contributed by atoms with Crippen molar-refractivity contribution < 1.29 is 0 Å². The van der Waals surface area contributed by atoms with Crippen LogP contribution in [0.2, 0.25) is 0 Å². The second-order valence-electron chi connectivity index (χ2n) is 5.35. The van der Waals surface area contributed by atoms with Gasteiger partial charge in [0.05, 0.1) is 0 Å². The van der Waals surface area contributed by atoms with Crippen molar-refractivity contribution in [3.05, 3.63) is 0 Å². The van der Waals surface area contributed by atoms with Crippen LogP contribution in [0.4, 0.5) is 0 Å². The summed E-state index contributed by atoms with van der Waals surface area (Å²) in [5.74, 6) is 2.32. The lowest BCUT2D eigenvalue weighted by Crippen LogP contribution is -2.54. The molecule has 1 saturated heterocycles. The molecule has 0 amide bonds.